The van der Waals surface area contributed by atoms with E-state index >= 15 is 0 Å². The molecular formula is C10H7F3N2O2. The zero-order valence-electron chi connectivity index (χ0n) is 8.47. The summed E-state index contributed by atoms with van der Waals surface area (Å²) in [7, 11) is 0. The Morgan fingerprint density at radius 3 is 2.41 bits per heavy atom. The van der Waals surface area contributed by atoms with E-state index in [4.69, 9.17) is 9.47 Å². The Morgan fingerprint density at radius 1 is 1.12 bits per heavy atom. The van der Waals surface area contributed by atoms with Gasteiger partial charge >= 0.3 is 6.18 Å². The molecular weight excluding hydrogens is 237 g/mol. The number of rotatable bonds is 0. The highest BCUT2D eigenvalue weighted by Crippen LogP contribution is 2.35. The number of nitrogens with zero attached hydrogens (tertiary/aromatic N) is 1. The van der Waals surface area contributed by atoms with Gasteiger partial charge in [0.2, 0.25) is 5.82 Å². The van der Waals surface area contributed by atoms with Crippen molar-refractivity contribution in [1.82, 2.24) is 9.97 Å². The van der Waals surface area contributed by atoms with Gasteiger partial charge in [-0.05, 0) is 0 Å². The third-order valence-electron chi connectivity index (χ3n) is 2.41. The minimum absolute atomic E-state index is 0.210. The minimum Gasteiger partial charge on any atom is -0.486 e. The summed E-state index contributed by atoms with van der Waals surface area (Å²) >= 11 is 0. The van der Waals surface area contributed by atoms with E-state index in [1.807, 2.05) is 0 Å². The Morgan fingerprint density at radius 2 is 1.76 bits per heavy atom. The summed E-state index contributed by atoms with van der Waals surface area (Å²) in [5.41, 5.74) is 0.489. The summed E-state index contributed by atoms with van der Waals surface area (Å²) < 4.78 is 47.9. The molecule has 1 N–H and O–H groups in total. The maximum Gasteiger partial charge on any atom is 0.449 e. The fourth-order valence-electron chi connectivity index (χ4n) is 1.68. The van der Waals surface area contributed by atoms with Crippen molar-refractivity contribution in [3.63, 3.8) is 0 Å². The molecule has 7 heteroatoms. The standard InChI is InChI=1S/C10H7F3N2O2/c11-10(12,13)9-14-5-3-7-8(4-6(5)15-9)17-2-1-16-7/h3-4H,1-2H2,(H,14,15). The van der Waals surface area contributed by atoms with E-state index in [0.717, 1.165) is 0 Å². The van der Waals surface area contributed by atoms with Crippen molar-refractivity contribution >= 4 is 11.0 Å². The molecule has 4 nitrogen and oxygen atoms in total. The number of nitrogens with one attached hydrogen (secondary N) is 1. The first-order valence-electron chi connectivity index (χ1n) is 4.90. The van der Waals surface area contributed by atoms with Gasteiger partial charge in [-0.25, -0.2) is 4.98 Å². The number of benzene rings is 1. The zero-order valence-corrected chi connectivity index (χ0v) is 8.47. The molecule has 90 valence electrons. The molecule has 1 aliphatic rings. The summed E-state index contributed by atoms with van der Waals surface area (Å²) in [6.07, 6.45) is -4.48. The quantitative estimate of drug-likeness (QED) is 0.773. The van der Waals surface area contributed by atoms with Crippen molar-refractivity contribution < 1.29 is 22.6 Å². The monoisotopic (exact) mass is 244 g/mol. The lowest BCUT2D eigenvalue weighted by Crippen LogP contribution is -2.15. The van der Waals surface area contributed by atoms with Crippen molar-refractivity contribution in [2.75, 3.05) is 13.2 Å². The zero-order chi connectivity index (χ0) is 12.0. The molecule has 1 aromatic carbocycles. The number of alkyl halides is 3. The molecule has 3 rings (SSSR count). The first kappa shape index (κ1) is 10.2. The second-order valence-electron chi connectivity index (χ2n) is 3.60. The lowest BCUT2D eigenvalue weighted by atomic mass is 10.2. The molecule has 0 saturated heterocycles. The maximum absolute atomic E-state index is 12.4. The number of imidazole rings is 1. The highest BCUT2D eigenvalue weighted by atomic mass is 19.4. The van der Waals surface area contributed by atoms with E-state index in [0.29, 0.717) is 24.7 Å². The minimum atomic E-state index is -4.48. The van der Waals surface area contributed by atoms with Crippen LogP contribution >= 0.6 is 0 Å². The van der Waals surface area contributed by atoms with Crippen molar-refractivity contribution in [3.8, 4) is 11.5 Å². The fraction of sp³-hybridized carbons (Fsp3) is 0.300. The molecule has 1 aromatic heterocycles. The van der Waals surface area contributed by atoms with Gasteiger partial charge in [0.05, 0.1) is 11.0 Å². The number of halogens is 3. The van der Waals surface area contributed by atoms with Crippen LogP contribution in [0.2, 0.25) is 0 Å². The van der Waals surface area contributed by atoms with Crippen LogP contribution in [0.15, 0.2) is 12.1 Å². The number of hydrogen-bond acceptors (Lipinski definition) is 3. The molecule has 1 aliphatic heterocycles. The van der Waals surface area contributed by atoms with E-state index in [1.165, 1.54) is 12.1 Å². The van der Waals surface area contributed by atoms with Gasteiger partial charge in [-0.2, -0.15) is 13.2 Å². The Kier molecular flexibility index (Phi) is 1.98. The summed E-state index contributed by atoms with van der Waals surface area (Å²) in [4.78, 5) is 5.69. The summed E-state index contributed by atoms with van der Waals surface area (Å²) in [5.74, 6) is -0.167. The van der Waals surface area contributed by atoms with Gasteiger partial charge < -0.3 is 14.5 Å². The number of aromatic amines is 1. The number of aromatic nitrogens is 2. The highest BCUT2D eigenvalue weighted by Gasteiger charge is 2.35. The first-order chi connectivity index (χ1) is 8.04. The lowest BCUT2D eigenvalue weighted by Gasteiger charge is -2.17. The van der Waals surface area contributed by atoms with E-state index in [2.05, 4.69) is 9.97 Å². The molecule has 0 bridgehead atoms. The third-order valence-corrected chi connectivity index (χ3v) is 2.41. The van der Waals surface area contributed by atoms with E-state index < -0.39 is 12.0 Å². The van der Waals surface area contributed by atoms with Crippen molar-refractivity contribution in [2.24, 2.45) is 0 Å². The molecule has 17 heavy (non-hydrogen) atoms. The Labute approximate surface area is 93.4 Å². The second-order valence-corrected chi connectivity index (χ2v) is 3.60. The average Bonchev–Trinajstić information content (AvgIpc) is 2.68. The predicted octanol–water partition coefficient (Wildman–Crippen LogP) is 2.35. The summed E-state index contributed by atoms with van der Waals surface area (Å²) in [5, 5.41) is 0. The molecule has 0 unspecified atom stereocenters. The molecule has 2 heterocycles. The van der Waals surface area contributed by atoms with Crippen LogP contribution in [0, 0.1) is 0 Å². The van der Waals surface area contributed by atoms with Crippen LogP contribution in [0.5, 0.6) is 11.5 Å². The molecule has 0 atom stereocenters. The lowest BCUT2D eigenvalue weighted by molar-refractivity contribution is -0.144. The Balaban J connectivity index is 2.16. The largest absolute Gasteiger partial charge is 0.486 e. The molecule has 0 spiro atoms. The molecule has 0 radical (unpaired) electrons. The third kappa shape index (κ3) is 1.67. The van der Waals surface area contributed by atoms with Crippen LogP contribution in [0.4, 0.5) is 13.2 Å². The molecule has 0 aliphatic carbocycles. The van der Waals surface area contributed by atoms with Gasteiger partial charge in [0.25, 0.3) is 0 Å². The SMILES string of the molecule is FC(F)(F)c1nc2cc3c(cc2[nH]1)OCCO3. The van der Waals surface area contributed by atoms with Crippen LogP contribution < -0.4 is 9.47 Å². The molecule has 0 fully saturated rings. The van der Waals surface area contributed by atoms with Gasteiger partial charge in [0.15, 0.2) is 11.5 Å². The van der Waals surface area contributed by atoms with Gasteiger partial charge in [-0.15, -0.1) is 0 Å². The van der Waals surface area contributed by atoms with Crippen molar-refractivity contribution in [2.45, 2.75) is 6.18 Å². The molecule has 0 saturated carbocycles. The van der Waals surface area contributed by atoms with E-state index in [1.54, 1.807) is 0 Å². The molecule has 0 amide bonds. The van der Waals surface area contributed by atoms with Gasteiger partial charge in [-0.1, -0.05) is 0 Å². The molecule has 2 aromatic rings. The summed E-state index contributed by atoms with van der Waals surface area (Å²) in [6.45, 7) is 0.772. The van der Waals surface area contributed by atoms with Crippen LogP contribution in [0.3, 0.4) is 0 Å². The van der Waals surface area contributed by atoms with Crippen LogP contribution in [-0.4, -0.2) is 23.2 Å². The van der Waals surface area contributed by atoms with Crippen LogP contribution in [-0.2, 0) is 6.18 Å². The predicted molar refractivity (Wildman–Crippen MR) is 52.1 cm³/mol. The number of ether oxygens (including phenoxy) is 2. The smallest absolute Gasteiger partial charge is 0.449 e. The van der Waals surface area contributed by atoms with Crippen LogP contribution in [0.25, 0.3) is 11.0 Å². The van der Waals surface area contributed by atoms with Crippen LogP contribution in [0.1, 0.15) is 5.82 Å². The maximum atomic E-state index is 12.4. The van der Waals surface area contributed by atoms with E-state index in [9.17, 15) is 13.2 Å². The van der Waals surface area contributed by atoms with E-state index in [-0.39, 0.29) is 11.0 Å². The fourth-order valence-corrected chi connectivity index (χ4v) is 1.68. The number of hydrogen-bond donors (Lipinski definition) is 1. The summed E-state index contributed by atoms with van der Waals surface area (Å²) in [6, 6.07) is 2.90. The van der Waals surface area contributed by atoms with Crippen molar-refractivity contribution in [1.29, 1.82) is 0 Å². The number of fused-ring (bicyclic) bond motifs is 2. The van der Waals surface area contributed by atoms with Gasteiger partial charge in [0.1, 0.15) is 13.2 Å². The Bertz CT molecular complexity index is 534. The van der Waals surface area contributed by atoms with Crippen molar-refractivity contribution in [3.05, 3.63) is 18.0 Å². The first-order valence-corrected chi connectivity index (χ1v) is 4.90. The highest BCUT2D eigenvalue weighted by molar-refractivity contribution is 5.80. The normalized spacial score (nSPS) is 15.2. The Hall–Kier alpha value is -1.92. The topological polar surface area (TPSA) is 47.1 Å². The second kappa shape index (κ2) is 3.28. The van der Waals surface area contributed by atoms with Gasteiger partial charge in [-0.3, -0.25) is 0 Å². The average molecular weight is 244 g/mol. The van der Waals surface area contributed by atoms with Gasteiger partial charge in [0, 0.05) is 12.1 Å². The number of H-pyrrole nitrogens is 1.